The van der Waals surface area contributed by atoms with Crippen molar-refractivity contribution in [2.75, 3.05) is 5.32 Å². The number of nitriles is 1. The molecule has 2 aromatic carbocycles. The molecule has 2 amide bonds. The third kappa shape index (κ3) is 4.50. The van der Waals surface area contributed by atoms with Crippen LogP contribution in [0.2, 0.25) is 5.02 Å². The third-order valence-electron chi connectivity index (χ3n) is 3.39. The minimum atomic E-state index is -0.484. The molecule has 0 atom stereocenters. The number of halogens is 1. The first kappa shape index (κ1) is 17.3. The summed E-state index contributed by atoms with van der Waals surface area (Å²) in [7, 11) is 0. The number of hydrogen-bond donors (Lipinski definition) is 2. The van der Waals surface area contributed by atoms with Gasteiger partial charge in [-0.25, -0.2) is 10.2 Å². The average molecular weight is 365 g/mol. The summed E-state index contributed by atoms with van der Waals surface area (Å²) in [6.07, 6.45) is 1.40. The molecule has 0 aliphatic heterocycles. The fourth-order valence-corrected chi connectivity index (χ4v) is 2.26. The van der Waals surface area contributed by atoms with Gasteiger partial charge in [0.2, 0.25) is 0 Å². The fourth-order valence-electron chi connectivity index (χ4n) is 2.13. The van der Waals surface area contributed by atoms with Crippen LogP contribution in [0.25, 0.3) is 11.3 Å². The van der Waals surface area contributed by atoms with E-state index in [1.165, 1.54) is 6.21 Å². The summed E-state index contributed by atoms with van der Waals surface area (Å²) in [4.78, 5) is 11.7. The van der Waals surface area contributed by atoms with E-state index >= 15 is 0 Å². The summed E-state index contributed by atoms with van der Waals surface area (Å²) in [6, 6.07) is 18.9. The molecule has 7 heteroatoms. The lowest BCUT2D eigenvalue weighted by atomic mass is 10.1. The zero-order valence-electron chi connectivity index (χ0n) is 13.4. The van der Waals surface area contributed by atoms with E-state index in [2.05, 4.69) is 21.9 Å². The topological polar surface area (TPSA) is 90.4 Å². The second-order valence-corrected chi connectivity index (χ2v) is 5.66. The van der Waals surface area contributed by atoms with E-state index in [9.17, 15) is 4.79 Å². The van der Waals surface area contributed by atoms with Crippen LogP contribution in [-0.4, -0.2) is 12.2 Å². The monoisotopic (exact) mass is 364 g/mol. The first-order valence-corrected chi connectivity index (χ1v) is 7.98. The van der Waals surface area contributed by atoms with E-state index in [0.717, 1.165) is 5.56 Å². The second kappa shape index (κ2) is 8.01. The molecule has 0 fully saturated rings. The lowest BCUT2D eigenvalue weighted by Gasteiger charge is -2.03. The van der Waals surface area contributed by atoms with Crippen LogP contribution in [0.4, 0.5) is 10.5 Å². The quantitative estimate of drug-likeness (QED) is 0.522. The Morgan fingerprint density at radius 1 is 1.08 bits per heavy atom. The lowest BCUT2D eigenvalue weighted by molar-refractivity contribution is 0.252. The minimum absolute atomic E-state index is 0.483. The SMILES string of the molecule is N#Cc1ccc(-c2ccc(/C=N/NC(=O)Nc3ccc(Cl)cc3)o2)cc1. The van der Waals surface area contributed by atoms with E-state index in [0.29, 0.717) is 27.8 Å². The Morgan fingerprint density at radius 3 is 2.50 bits per heavy atom. The molecule has 0 saturated carbocycles. The fraction of sp³-hybridized carbons (Fsp3) is 0. The molecule has 0 aliphatic carbocycles. The van der Waals surface area contributed by atoms with Crippen molar-refractivity contribution in [3.05, 3.63) is 77.0 Å². The molecule has 6 nitrogen and oxygen atoms in total. The molecule has 0 radical (unpaired) electrons. The number of hydrazone groups is 1. The van der Waals surface area contributed by atoms with Crippen LogP contribution < -0.4 is 10.7 Å². The van der Waals surface area contributed by atoms with Crippen LogP contribution in [-0.2, 0) is 0 Å². The predicted octanol–water partition coefficient (Wildman–Crippen LogP) is 4.63. The molecule has 0 aliphatic rings. The van der Waals surface area contributed by atoms with E-state index in [4.69, 9.17) is 21.3 Å². The van der Waals surface area contributed by atoms with Crippen LogP contribution in [0.3, 0.4) is 0 Å². The van der Waals surface area contributed by atoms with Crippen LogP contribution in [0.15, 0.2) is 70.2 Å². The van der Waals surface area contributed by atoms with Crippen LogP contribution in [0.5, 0.6) is 0 Å². The highest BCUT2D eigenvalue weighted by atomic mass is 35.5. The zero-order valence-corrected chi connectivity index (χ0v) is 14.2. The summed E-state index contributed by atoms with van der Waals surface area (Å²) >= 11 is 5.78. The number of hydrogen-bond acceptors (Lipinski definition) is 4. The Morgan fingerprint density at radius 2 is 1.81 bits per heavy atom. The van der Waals surface area contributed by atoms with E-state index < -0.39 is 6.03 Å². The molecule has 26 heavy (non-hydrogen) atoms. The van der Waals surface area contributed by atoms with Gasteiger partial charge in [0.15, 0.2) is 0 Å². The van der Waals surface area contributed by atoms with Gasteiger partial charge in [0.25, 0.3) is 0 Å². The van der Waals surface area contributed by atoms with Crippen molar-refractivity contribution in [1.29, 1.82) is 5.26 Å². The predicted molar refractivity (Wildman–Crippen MR) is 100 cm³/mol. The van der Waals surface area contributed by atoms with Gasteiger partial charge >= 0.3 is 6.03 Å². The minimum Gasteiger partial charge on any atom is -0.455 e. The Bertz CT molecular complexity index is 970. The smallest absolute Gasteiger partial charge is 0.339 e. The number of carbonyl (C=O) groups is 1. The first-order chi connectivity index (χ1) is 12.6. The number of anilines is 1. The van der Waals surface area contributed by atoms with Gasteiger partial charge in [-0.3, -0.25) is 0 Å². The Labute approximate surface area is 154 Å². The summed E-state index contributed by atoms with van der Waals surface area (Å²) < 4.78 is 5.64. The Kier molecular flexibility index (Phi) is 5.32. The number of rotatable bonds is 4. The largest absolute Gasteiger partial charge is 0.455 e. The molecule has 0 saturated heterocycles. The molecule has 128 valence electrons. The Hall–Kier alpha value is -3.56. The van der Waals surface area contributed by atoms with Crippen LogP contribution in [0, 0.1) is 11.3 Å². The highest BCUT2D eigenvalue weighted by Gasteiger charge is 2.04. The van der Waals surface area contributed by atoms with Gasteiger partial charge in [-0.05, 0) is 60.7 Å². The molecule has 1 aromatic heterocycles. The summed E-state index contributed by atoms with van der Waals surface area (Å²) in [5.74, 6) is 1.12. The zero-order chi connectivity index (χ0) is 18.4. The number of furan rings is 1. The molecule has 0 unspecified atom stereocenters. The van der Waals surface area contributed by atoms with Gasteiger partial charge in [-0.1, -0.05) is 11.6 Å². The number of amides is 2. The van der Waals surface area contributed by atoms with Gasteiger partial charge in [-0.15, -0.1) is 0 Å². The highest BCUT2D eigenvalue weighted by Crippen LogP contribution is 2.21. The van der Waals surface area contributed by atoms with Gasteiger partial charge in [0.05, 0.1) is 17.8 Å². The van der Waals surface area contributed by atoms with Crippen LogP contribution >= 0.6 is 11.6 Å². The van der Waals surface area contributed by atoms with Crippen molar-refractivity contribution in [1.82, 2.24) is 5.43 Å². The number of nitrogens with one attached hydrogen (secondary N) is 2. The molecular formula is C19H13ClN4O2. The van der Waals surface area contributed by atoms with Crippen molar-refractivity contribution < 1.29 is 9.21 Å². The van der Waals surface area contributed by atoms with E-state index in [1.54, 1.807) is 60.7 Å². The molecule has 3 aromatic rings. The molecular weight excluding hydrogens is 352 g/mol. The number of urea groups is 1. The normalized spacial score (nSPS) is 10.5. The van der Waals surface area contributed by atoms with Crippen molar-refractivity contribution in [3.8, 4) is 17.4 Å². The number of nitrogens with zero attached hydrogens (tertiary/aromatic N) is 2. The summed E-state index contributed by atoms with van der Waals surface area (Å²) in [6.45, 7) is 0. The maximum atomic E-state index is 11.7. The third-order valence-corrected chi connectivity index (χ3v) is 3.64. The molecule has 0 spiro atoms. The average Bonchev–Trinajstić information content (AvgIpc) is 3.12. The van der Waals surface area contributed by atoms with Gasteiger partial charge in [-0.2, -0.15) is 10.4 Å². The molecule has 2 N–H and O–H groups in total. The van der Waals surface area contributed by atoms with E-state index in [-0.39, 0.29) is 0 Å². The van der Waals surface area contributed by atoms with Crippen molar-refractivity contribution in [3.63, 3.8) is 0 Å². The van der Waals surface area contributed by atoms with Crippen molar-refractivity contribution in [2.45, 2.75) is 0 Å². The first-order valence-electron chi connectivity index (χ1n) is 7.60. The van der Waals surface area contributed by atoms with Crippen LogP contribution in [0.1, 0.15) is 11.3 Å². The van der Waals surface area contributed by atoms with Gasteiger partial charge in [0, 0.05) is 16.3 Å². The van der Waals surface area contributed by atoms with E-state index in [1.807, 2.05) is 0 Å². The van der Waals surface area contributed by atoms with Crippen molar-refractivity contribution >= 4 is 29.5 Å². The molecule has 3 rings (SSSR count). The summed E-state index contributed by atoms with van der Waals surface area (Å²) in [5.41, 5.74) is 4.37. The highest BCUT2D eigenvalue weighted by molar-refractivity contribution is 6.30. The standard InChI is InChI=1S/C19H13ClN4O2/c20-15-5-7-16(8-6-15)23-19(25)24-22-12-17-9-10-18(26-17)14-3-1-13(11-21)2-4-14/h1-10,12H,(H2,23,24,25)/b22-12+. The second-order valence-electron chi connectivity index (χ2n) is 5.22. The van der Waals surface area contributed by atoms with Crippen molar-refractivity contribution in [2.24, 2.45) is 5.10 Å². The molecule has 1 heterocycles. The van der Waals surface area contributed by atoms with Gasteiger partial charge in [0.1, 0.15) is 11.5 Å². The number of benzene rings is 2. The lowest BCUT2D eigenvalue weighted by Crippen LogP contribution is -2.24. The maximum Gasteiger partial charge on any atom is 0.339 e. The van der Waals surface area contributed by atoms with Gasteiger partial charge < -0.3 is 9.73 Å². The molecule has 0 bridgehead atoms. The summed E-state index contributed by atoms with van der Waals surface area (Å²) in [5, 5.41) is 15.9. The maximum absolute atomic E-state index is 11.7. The Balaban J connectivity index is 1.57. The number of carbonyl (C=O) groups excluding carboxylic acids is 1.